The first-order chi connectivity index (χ1) is 7.95. The second-order valence-corrected chi connectivity index (χ2v) is 5.35. The fourth-order valence-electron chi connectivity index (χ4n) is 1.60. The van der Waals surface area contributed by atoms with E-state index in [9.17, 15) is 4.79 Å². The topological polar surface area (TPSA) is 46.3 Å². The summed E-state index contributed by atoms with van der Waals surface area (Å²) in [7, 11) is 1.81. The van der Waals surface area contributed by atoms with Crippen LogP contribution in [0.15, 0.2) is 22.7 Å². The molecule has 3 nitrogen and oxygen atoms in total. The molecule has 0 fully saturated rings. The lowest BCUT2D eigenvalue weighted by molar-refractivity contribution is 0.0776. The largest absolute Gasteiger partial charge is 0.398 e. The molecule has 0 radical (unpaired) electrons. The zero-order chi connectivity index (χ0) is 13.0. The lowest BCUT2D eigenvalue weighted by atomic mass is 10.1. The van der Waals surface area contributed by atoms with Crippen LogP contribution in [0.5, 0.6) is 0 Å². The highest BCUT2D eigenvalue weighted by molar-refractivity contribution is 9.10. The van der Waals surface area contributed by atoms with Crippen LogP contribution in [0.2, 0.25) is 0 Å². The minimum absolute atomic E-state index is 0.0240. The van der Waals surface area contributed by atoms with Gasteiger partial charge >= 0.3 is 0 Å². The van der Waals surface area contributed by atoms with Crippen LogP contribution in [-0.4, -0.2) is 24.4 Å². The number of hydrogen-bond acceptors (Lipinski definition) is 2. The molecule has 0 spiro atoms. The maximum absolute atomic E-state index is 12.2. The minimum Gasteiger partial charge on any atom is -0.398 e. The van der Waals surface area contributed by atoms with Gasteiger partial charge in [0.25, 0.3) is 5.91 Å². The highest BCUT2D eigenvalue weighted by atomic mass is 79.9. The molecule has 0 aromatic heterocycles. The minimum atomic E-state index is -0.0240. The van der Waals surface area contributed by atoms with E-state index in [1.54, 1.807) is 17.0 Å². The van der Waals surface area contributed by atoms with Crippen molar-refractivity contribution in [3.05, 3.63) is 28.2 Å². The number of nitrogens with two attached hydrogens (primary N) is 1. The Labute approximate surface area is 111 Å². The van der Waals surface area contributed by atoms with E-state index in [4.69, 9.17) is 5.73 Å². The van der Waals surface area contributed by atoms with E-state index in [2.05, 4.69) is 29.8 Å². The zero-order valence-corrected chi connectivity index (χ0v) is 12.1. The quantitative estimate of drug-likeness (QED) is 0.868. The Bertz CT molecular complexity index is 406. The van der Waals surface area contributed by atoms with Crippen molar-refractivity contribution >= 4 is 27.5 Å². The standard InChI is InChI=1S/C13H19BrN2O/c1-4-9(2)8-16(3)13(17)11-7-10(14)5-6-12(11)15/h5-7,9H,4,8,15H2,1-3H3. The summed E-state index contributed by atoms with van der Waals surface area (Å²) in [5.41, 5.74) is 6.91. The van der Waals surface area contributed by atoms with Crippen LogP contribution in [0.3, 0.4) is 0 Å². The number of halogens is 1. The molecule has 2 N–H and O–H groups in total. The second-order valence-electron chi connectivity index (χ2n) is 4.43. The Balaban J connectivity index is 2.85. The van der Waals surface area contributed by atoms with Crippen LogP contribution in [0, 0.1) is 5.92 Å². The van der Waals surface area contributed by atoms with Crippen molar-refractivity contribution in [2.75, 3.05) is 19.3 Å². The Kier molecular flexibility index (Phi) is 5.00. The van der Waals surface area contributed by atoms with Gasteiger partial charge in [-0.25, -0.2) is 0 Å². The maximum Gasteiger partial charge on any atom is 0.255 e. The first-order valence-corrected chi connectivity index (χ1v) is 6.55. The first-order valence-electron chi connectivity index (χ1n) is 5.76. The van der Waals surface area contributed by atoms with Gasteiger partial charge < -0.3 is 10.6 Å². The van der Waals surface area contributed by atoms with E-state index in [0.717, 1.165) is 17.4 Å². The average molecular weight is 299 g/mol. The predicted octanol–water partition coefficient (Wildman–Crippen LogP) is 3.15. The first kappa shape index (κ1) is 14.0. The summed E-state index contributed by atoms with van der Waals surface area (Å²) >= 11 is 3.35. The van der Waals surface area contributed by atoms with E-state index < -0.39 is 0 Å². The van der Waals surface area contributed by atoms with Gasteiger partial charge in [-0.15, -0.1) is 0 Å². The Hall–Kier alpha value is -1.03. The van der Waals surface area contributed by atoms with Crippen molar-refractivity contribution in [3.8, 4) is 0 Å². The van der Waals surface area contributed by atoms with Gasteiger partial charge in [-0.2, -0.15) is 0 Å². The normalized spacial score (nSPS) is 12.2. The highest BCUT2D eigenvalue weighted by Gasteiger charge is 2.16. The fraction of sp³-hybridized carbons (Fsp3) is 0.462. The van der Waals surface area contributed by atoms with Crippen LogP contribution >= 0.6 is 15.9 Å². The Morgan fingerprint density at radius 1 is 1.53 bits per heavy atom. The number of rotatable bonds is 4. The van der Waals surface area contributed by atoms with Gasteiger partial charge in [0.05, 0.1) is 5.56 Å². The van der Waals surface area contributed by atoms with Gasteiger partial charge in [0.15, 0.2) is 0 Å². The molecule has 1 rings (SSSR count). The van der Waals surface area contributed by atoms with Crippen LogP contribution in [0.4, 0.5) is 5.69 Å². The SMILES string of the molecule is CCC(C)CN(C)C(=O)c1cc(Br)ccc1N. The predicted molar refractivity (Wildman–Crippen MR) is 75.0 cm³/mol. The van der Waals surface area contributed by atoms with Gasteiger partial charge in [0.2, 0.25) is 0 Å². The number of carbonyl (C=O) groups excluding carboxylic acids is 1. The van der Waals surface area contributed by atoms with Crippen LogP contribution in [0.25, 0.3) is 0 Å². The molecule has 1 unspecified atom stereocenters. The second kappa shape index (κ2) is 6.05. The molecular weight excluding hydrogens is 280 g/mol. The van der Waals surface area contributed by atoms with Crippen molar-refractivity contribution in [3.63, 3.8) is 0 Å². The number of carbonyl (C=O) groups is 1. The summed E-state index contributed by atoms with van der Waals surface area (Å²) in [5, 5.41) is 0. The van der Waals surface area contributed by atoms with Crippen molar-refractivity contribution < 1.29 is 4.79 Å². The number of hydrogen-bond donors (Lipinski definition) is 1. The summed E-state index contributed by atoms with van der Waals surface area (Å²) < 4.78 is 0.868. The van der Waals surface area contributed by atoms with Crippen LogP contribution in [-0.2, 0) is 0 Å². The summed E-state index contributed by atoms with van der Waals surface area (Å²) in [4.78, 5) is 13.9. The van der Waals surface area contributed by atoms with E-state index in [1.807, 2.05) is 13.1 Å². The third-order valence-electron chi connectivity index (χ3n) is 2.87. The molecule has 0 aliphatic carbocycles. The third kappa shape index (κ3) is 3.73. The van der Waals surface area contributed by atoms with Crippen molar-refractivity contribution in [2.45, 2.75) is 20.3 Å². The average Bonchev–Trinajstić information content (AvgIpc) is 2.31. The van der Waals surface area contributed by atoms with Gasteiger partial charge in [-0.3, -0.25) is 4.79 Å². The summed E-state index contributed by atoms with van der Waals surface area (Å²) in [6, 6.07) is 5.35. The number of amides is 1. The molecule has 0 saturated carbocycles. The third-order valence-corrected chi connectivity index (χ3v) is 3.37. The van der Waals surface area contributed by atoms with Gasteiger partial charge in [0.1, 0.15) is 0 Å². The molecule has 17 heavy (non-hydrogen) atoms. The van der Waals surface area contributed by atoms with E-state index in [0.29, 0.717) is 17.2 Å². The fourth-order valence-corrected chi connectivity index (χ4v) is 1.96. The summed E-state index contributed by atoms with van der Waals surface area (Å²) in [5.74, 6) is 0.474. The van der Waals surface area contributed by atoms with Gasteiger partial charge in [-0.1, -0.05) is 36.2 Å². The van der Waals surface area contributed by atoms with Crippen LogP contribution < -0.4 is 5.73 Å². The molecule has 0 heterocycles. The van der Waals surface area contributed by atoms with Gasteiger partial charge in [-0.05, 0) is 24.1 Å². The molecule has 0 saturated heterocycles. The molecule has 1 amide bonds. The molecule has 1 aromatic carbocycles. The van der Waals surface area contributed by atoms with Gasteiger partial charge in [0, 0.05) is 23.8 Å². The molecule has 94 valence electrons. The van der Waals surface area contributed by atoms with Crippen molar-refractivity contribution in [1.29, 1.82) is 0 Å². The molecule has 1 aromatic rings. The number of anilines is 1. The number of benzene rings is 1. The van der Waals surface area contributed by atoms with Crippen molar-refractivity contribution in [1.82, 2.24) is 4.90 Å². The van der Waals surface area contributed by atoms with Crippen LogP contribution in [0.1, 0.15) is 30.6 Å². The maximum atomic E-state index is 12.2. The molecule has 1 atom stereocenters. The number of nitrogen functional groups attached to an aromatic ring is 1. The molecule has 0 aliphatic heterocycles. The lowest BCUT2D eigenvalue weighted by Gasteiger charge is -2.21. The Morgan fingerprint density at radius 3 is 2.76 bits per heavy atom. The Morgan fingerprint density at radius 2 is 2.18 bits per heavy atom. The monoisotopic (exact) mass is 298 g/mol. The smallest absolute Gasteiger partial charge is 0.255 e. The summed E-state index contributed by atoms with van der Waals surface area (Å²) in [6.07, 6.45) is 1.06. The molecule has 0 aliphatic rings. The van der Waals surface area contributed by atoms with Crippen molar-refractivity contribution in [2.24, 2.45) is 5.92 Å². The zero-order valence-electron chi connectivity index (χ0n) is 10.5. The lowest BCUT2D eigenvalue weighted by Crippen LogP contribution is -2.31. The molecule has 4 heteroatoms. The van der Waals surface area contributed by atoms with E-state index in [-0.39, 0.29) is 5.91 Å². The molecule has 0 bridgehead atoms. The van der Waals surface area contributed by atoms with E-state index in [1.165, 1.54) is 0 Å². The highest BCUT2D eigenvalue weighted by Crippen LogP contribution is 2.20. The molecular formula is C13H19BrN2O. The van der Waals surface area contributed by atoms with E-state index >= 15 is 0 Å². The number of nitrogens with zero attached hydrogens (tertiary/aromatic N) is 1. The summed E-state index contributed by atoms with van der Waals surface area (Å²) in [6.45, 7) is 5.01.